The number of hydrogen-bond donors (Lipinski definition) is 4. The highest BCUT2D eigenvalue weighted by atomic mass is 32.2. The zero-order valence-electron chi connectivity index (χ0n) is 19.3. The highest BCUT2D eigenvalue weighted by Crippen LogP contribution is 2.28. The third kappa shape index (κ3) is 4.46. The molecule has 38 heavy (non-hydrogen) atoms. The first-order valence-corrected chi connectivity index (χ1v) is 14.1. The van der Waals surface area contributed by atoms with Gasteiger partial charge in [-0.05, 0) is 47.5 Å². The van der Waals surface area contributed by atoms with Crippen LogP contribution < -0.4 is 0 Å². The number of imidazole rings is 2. The summed E-state index contributed by atoms with van der Waals surface area (Å²) in [6.45, 7) is 0. The van der Waals surface area contributed by atoms with E-state index in [1.54, 1.807) is 6.07 Å². The Morgan fingerprint density at radius 2 is 0.947 bits per heavy atom. The minimum Gasteiger partial charge on any atom is -0.338 e. The lowest BCUT2D eigenvalue weighted by atomic mass is 10.0. The molecule has 0 aliphatic rings. The predicted molar refractivity (Wildman–Crippen MR) is 142 cm³/mol. The maximum absolute atomic E-state index is 11.4. The van der Waals surface area contributed by atoms with Gasteiger partial charge in [-0.1, -0.05) is 48.5 Å². The van der Waals surface area contributed by atoms with Crippen molar-refractivity contribution in [3.8, 4) is 33.9 Å². The average molecular weight is 547 g/mol. The standard InChI is InChI=1S/C26H18N4O6S2/c31-37(32,33)19-9-11-21-23(13-19)29-25(27-21)17-5-1-15(2-6-17)16-3-7-18(8-4-16)26-28-22-12-10-20(38(34,35)36)14-24(22)30-26/h1-14H,(H,27,29)(H,28,30)(H,31,32,33)(H,34,35,36). The van der Waals surface area contributed by atoms with E-state index < -0.39 is 20.2 Å². The lowest BCUT2D eigenvalue weighted by Gasteiger charge is -2.04. The molecule has 0 radical (unpaired) electrons. The topological polar surface area (TPSA) is 166 Å². The van der Waals surface area contributed by atoms with Crippen LogP contribution in [0.15, 0.2) is 94.7 Å². The van der Waals surface area contributed by atoms with E-state index in [0.29, 0.717) is 33.7 Å². The largest absolute Gasteiger partial charge is 0.338 e. The van der Waals surface area contributed by atoms with E-state index in [0.717, 1.165) is 22.3 Å². The van der Waals surface area contributed by atoms with Crippen molar-refractivity contribution in [3.05, 3.63) is 84.9 Å². The number of aromatic amines is 2. The van der Waals surface area contributed by atoms with Gasteiger partial charge in [-0.25, -0.2) is 9.97 Å². The van der Waals surface area contributed by atoms with Crippen LogP contribution in [0.5, 0.6) is 0 Å². The molecule has 0 aliphatic carbocycles. The fraction of sp³-hybridized carbons (Fsp3) is 0. The lowest BCUT2D eigenvalue weighted by molar-refractivity contribution is 0.481. The number of aromatic nitrogens is 4. The van der Waals surface area contributed by atoms with Crippen LogP contribution in [0.25, 0.3) is 56.0 Å². The maximum atomic E-state index is 11.4. The van der Waals surface area contributed by atoms with Crippen molar-refractivity contribution in [1.29, 1.82) is 0 Å². The van der Waals surface area contributed by atoms with Crippen LogP contribution in [0.3, 0.4) is 0 Å². The molecule has 190 valence electrons. The average Bonchev–Trinajstić information content (AvgIpc) is 3.51. The van der Waals surface area contributed by atoms with E-state index in [1.165, 1.54) is 30.3 Å². The quantitative estimate of drug-likeness (QED) is 0.221. The second-order valence-corrected chi connectivity index (χ2v) is 11.5. The van der Waals surface area contributed by atoms with Gasteiger partial charge in [0.15, 0.2) is 0 Å². The number of rotatable bonds is 5. The Morgan fingerprint density at radius 3 is 1.50 bits per heavy atom. The molecule has 12 heteroatoms. The van der Waals surface area contributed by atoms with E-state index in [1.807, 2.05) is 48.5 Å². The first-order valence-electron chi connectivity index (χ1n) is 11.2. The number of benzene rings is 4. The van der Waals surface area contributed by atoms with Crippen LogP contribution in [-0.4, -0.2) is 45.9 Å². The highest BCUT2D eigenvalue weighted by molar-refractivity contribution is 7.86. The number of hydrogen-bond acceptors (Lipinski definition) is 6. The van der Waals surface area contributed by atoms with E-state index in [2.05, 4.69) is 19.9 Å². The summed E-state index contributed by atoms with van der Waals surface area (Å²) in [5, 5.41) is 0. The Labute approximate surface area is 216 Å². The molecule has 0 saturated carbocycles. The molecule has 0 bridgehead atoms. The zero-order chi connectivity index (χ0) is 26.7. The van der Waals surface area contributed by atoms with Gasteiger partial charge >= 0.3 is 0 Å². The fourth-order valence-electron chi connectivity index (χ4n) is 4.21. The third-order valence-electron chi connectivity index (χ3n) is 6.15. The van der Waals surface area contributed by atoms with Crippen molar-refractivity contribution in [2.45, 2.75) is 9.79 Å². The number of nitrogens with one attached hydrogen (secondary N) is 2. The number of nitrogens with zero attached hydrogens (tertiary/aromatic N) is 2. The minimum atomic E-state index is -4.31. The van der Waals surface area contributed by atoms with Gasteiger partial charge in [0.05, 0.1) is 31.9 Å². The molecular weight excluding hydrogens is 528 g/mol. The maximum Gasteiger partial charge on any atom is 0.294 e. The van der Waals surface area contributed by atoms with Crippen molar-refractivity contribution in [1.82, 2.24) is 19.9 Å². The van der Waals surface area contributed by atoms with Crippen molar-refractivity contribution < 1.29 is 25.9 Å². The summed E-state index contributed by atoms with van der Waals surface area (Å²) >= 11 is 0. The molecule has 10 nitrogen and oxygen atoms in total. The van der Waals surface area contributed by atoms with E-state index >= 15 is 0 Å². The minimum absolute atomic E-state index is 0.204. The van der Waals surface area contributed by atoms with Gasteiger partial charge in [-0.3, -0.25) is 9.11 Å². The summed E-state index contributed by atoms with van der Waals surface area (Å²) < 4.78 is 64.1. The molecule has 0 fully saturated rings. The first-order chi connectivity index (χ1) is 18.0. The van der Waals surface area contributed by atoms with E-state index in [9.17, 15) is 25.9 Å². The summed E-state index contributed by atoms with van der Waals surface area (Å²) in [5.41, 5.74) is 5.69. The molecule has 4 N–H and O–H groups in total. The molecular formula is C26H18N4O6S2. The highest BCUT2D eigenvalue weighted by Gasteiger charge is 2.14. The molecule has 0 unspecified atom stereocenters. The molecule has 0 aliphatic heterocycles. The molecule has 0 spiro atoms. The van der Waals surface area contributed by atoms with Crippen LogP contribution in [0.4, 0.5) is 0 Å². The Kier molecular flexibility index (Phi) is 5.43. The van der Waals surface area contributed by atoms with Crippen LogP contribution in [0.1, 0.15) is 0 Å². The monoisotopic (exact) mass is 546 g/mol. The lowest BCUT2D eigenvalue weighted by Crippen LogP contribution is -1.97. The summed E-state index contributed by atoms with van der Waals surface area (Å²) in [6, 6.07) is 23.7. The first kappa shape index (κ1) is 24.0. The van der Waals surface area contributed by atoms with Gasteiger partial charge in [0.2, 0.25) is 0 Å². The van der Waals surface area contributed by atoms with Gasteiger partial charge in [-0.2, -0.15) is 16.8 Å². The second-order valence-electron chi connectivity index (χ2n) is 8.63. The Bertz CT molecular complexity index is 1910. The van der Waals surface area contributed by atoms with E-state index in [4.69, 9.17) is 0 Å². The van der Waals surface area contributed by atoms with Crippen LogP contribution in [0, 0.1) is 0 Å². The second kappa shape index (κ2) is 8.60. The summed E-state index contributed by atoms with van der Waals surface area (Å²) in [6.07, 6.45) is 0. The Morgan fingerprint density at radius 1 is 0.500 bits per heavy atom. The predicted octanol–water partition coefficient (Wildman–Crippen LogP) is 4.93. The van der Waals surface area contributed by atoms with Gasteiger partial charge in [0, 0.05) is 11.1 Å². The molecule has 4 aromatic carbocycles. The molecule has 2 heterocycles. The van der Waals surface area contributed by atoms with Crippen molar-refractivity contribution in [2.75, 3.05) is 0 Å². The van der Waals surface area contributed by atoms with Gasteiger partial charge in [-0.15, -0.1) is 0 Å². The van der Waals surface area contributed by atoms with Crippen LogP contribution in [0.2, 0.25) is 0 Å². The molecule has 6 rings (SSSR count). The van der Waals surface area contributed by atoms with Crippen molar-refractivity contribution in [2.24, 2.45) is 0 Å². The van der Waals surface area contributed by atoms with Gasteiger partial charge in [0.25, 0.3) is 20.2 Å². The normalized spacial score (nSPS) is 12.4. The van der Waals surface area contributed by atoms with Crippen molar-refractivity contribution in [3.63, 3.8) is 0 Å². The SMILES string of the molecule is O=S(=O)(O)c1ccc2[nH]c(-c3ccc(-c4ccc(-c5nc6ccc(S(=O)(=O)O)cc6[nH]5)cc4)cc3)nc2c1. The smallest absolute Gasteiger partial charge is 0.294 e. The van der Waals surface area contributed by atoms with Crippen LogP contribution >= 0.6 is 0 Å². The molecule has 0 amide bonds. The Hall–Kier alpha value is -4.36. The molecule has 0 saturated heterocycles. The Balaban J connectivity index is 1.25. The summed E-state index contributed by atoms with van der Waals surface area (Å²) in [4.78, 5) is 14.8. The van der Waals surface area contributed by atoms with Crippen LogP contribution in [-0.2, 0) is 20.2 Å². The zero-order valence-corrected chi connectivity index (χ0v) is 21.0. The molecule has 0 atom stereocenters. The van der Waals surface area contributed by atoms with Crippen molar-refractivity contribution >= 4 is 42.3 Å². The fourth-order valence-corrected chi connectivity index (χ4v) is 5.22. The number of fused-ring (bicyclic) bond motifs is 2. The van der Waals surface area contributed by atoms with E-state index in [-0.39, 0.29) is 9.79 Å². The molecule has 6 aromatic rings. The van der Waals surface area contributed by atoms with Gasteiger partial charge < -0.3 is 9.97 Å². The summed E-state index contributed by atoms with van der Waals surface area (Å²) in [5.74, 6) is 1.13. The third-order valence-corrected chi connectivity index (χ3v) is 7.85. The molecule has 2 aromatic heterocycles. The van der Waals surface area contributed by atoms with Gasteiger partial charge in [0.1, 0.15) is 11.6 Å². The summed E-state index contributed by atoms with van der Waals surface area (Å²) in [7, 11) is -8.62. The number of H-pyrrole nitrogens is 2.